The maximum Gasteiger partial charge on any atom is 0.328 e. The van der Waals surface area contributed by atoms with Gasteiger partial charge >= 0.3 is 5.97 Å². The number of anilines is 1. The van der Waals surface area contributed by atoms with Gasteiger partial charge in [-0.15, -0.1) is 0 Å². The number of sulfone groups is 1. The highest BCUT2D eigenvalue weighted by Crippen LogP contribution is 2.26. The third-order valence-corrected chi connectivity index (χ3v) is 9.87. The molecule has 1 aliphatic rings. The summed E-state index contributed by atoms with van der Waals surface area (Å²) in [7, 11) is -6.37. The van der Waals surface area contributed by atoms with Crippen LogP contribution in [0.5, 0.6) is 0 Å². The molecule has 1 atom stereocenters. The van der Waals surface area contributed by atoms with Crippen molar-refractivity contribution in [2.45, 2.75) is 36.2 Å². The molecule has 0 amide bonds. The molecular weight excluding hydrogens is 542 g/mol. The van der Waals surface area contributed by atoms with Gasteiger partial charge in [0.15, 0.2) is 9.84 Å². The highest BCUT2D eigenvalue weighted by atomic mass is 32.2. The Morgan fingerprint density at radius 2 is 1.56 bits per heavy atom. The molecule has 3 aromatic rings. The first-order chi connectivity index (χ1) is 18.4. The number of aromatic nitrogens is 2. The minimum absolute atomic E-state index is 0.0440. The van der Waals surface area contributed by atoms with Gasteiger partial charge in [-0.3, -0.25) is 4.90 Å². The summed E-state index contributed by atoms with van der Waals surface area (Å²) in [5.74, 6) is 0.627. The number of carbonyl (C=O) groups excluding carboxylic acids is 1. The number of piperazine rings is 1. The molecule has 1 aliphatic heterocycles. The van der Waals surface area contributed by atoms with Crippen molar-refractivity contribution in [2.75, 3.05) is 44.9 Å². The zero-order valence-corrected chi connectivity index (χ0v) is 24.0. The van der Waals surface area contributed by atoms with Crippen molar-refractivity contribution in [1.29, 1.82) is 0 Å². The molecule has 0 bridgehead atoms. The summed E-state index contributed by atoms with van der Waals surface area (Å²) < 4.78 is 57.3. The highest BCUT2D eigenvalue weighted by Gasteiger charge is 2.32. The monoisotopic (exact) mass is 575 g/mol. The number of sulfonamides is 1. The number of ether oxygens (including phenoxy) is 1. The lowest BCUT2D eigenvalue weighted by atomic mass is 10.0. The van der Waals surface area contributed by atoms with Crippen molar-refractivity contribution >= 4 is 42.6 Å². The Morgan fingerprint density at radius 3 is 2.18 bits per heavy atom. The number of rotatable bonds is 9. The molecule has 13 heteroatoms. The van der Waals surface area contributed by atoms with Gasteiger partial charge in [0.1, 0.15) is 22.6 Å². The van der Waals surface area contributed by atoms with Crippen LogP contribution >= 0.6 is 0 Å². The van der Waals surface area contributed by atoms with Crippen LogP contribution in [-0.4, -0.2) is 87.6 Å². The maximum atomic E-state index is 13.3. The Bertz CT molecular complexity index is 1570. The summed E-state index contributed by atoms with van der Waals surface area (Å²) in [5.41, 5.74) is 0.718. The maximum absolute atomic E-state index is 13.3. The Kier molecular flexibility index (Phi) is 8.54. The molecule has 2 heterocycles. The van der Waals surface area contributed by atoms with Crippen molar-refractivity contribution in [3.8, 4) is 0 Å². The lowest BCUT2D eigenvalue weighted by molar-refractivity contribution is -0.142. The van der Waals surface area contributed by atoms with Gasteiger partial charge in [0.2, 0.25) is 10.0 Å². The minimum atomic E-state index is -4.00. The van der Waals surface area contributed by atoms with Crippen molar-refractivity contribution in [3.05, 3.63) is 54.4 Å². The number of benzene rings is 2. The van der Waals surface area contributed by atoms with Crippen LogP contribution in [0.15, 0.2) is 58.3 Å². The van der Waals surface area contributed by atoms with Gasteiger partial charge in [0.25, 0.3) is 0 Å². The molecule has 39 heavy (non-hydrogen) atoms. The predicted molar refractivity (Wildman–Crippen MR) is 147 cm³/mol. The first-order valence-electron chi connectivity index (χ1n) is 12.5. The van der Waals surface area contributed by atoms with Gasteiger partial charge in [-0.2, -0.15) is 4.31 Å². The SMILES string of the molecule is COC(=O)[C@@H](Nc1nc(CN2CCN(S(=O)(=O)c3ccccc3S(C)(=O)=O)CC2)nc2ccccc12)C(C)C. The van der Waals surface area contributed by atoms with E-state index >= 15 is 0 Å². The van der Waals surface area contributed by atoms with E-state index in [1.54, 1.807) is 0 Å². The molecule has 210 valence electrons. The second-order valence-corrected chi connectivity index (χ2v) is 13.7. The fourth-order valence-electron chi connectivity index (χ4n) is 4.51. The van der Waals surface area contributed by atoms with Crippen LogP contribution < -0.4 is 5.32 Å². The number of fused-ring (bicyclic) bond motifs is 1. The van der Waals surface area contributed by atoms with Gasteiger partial charge in [0.05, 0.1) is 24.1 Å². The van der Waals surface area contributed by atoms with Crippen LogP contribution in [-0.2, 0) is 35.9 Å². The molecule has 0 aliphatic carbocycles. The van der Waals surface area contributed by atoms with Crippen LogP contribution in [0, 0.1) is 5.92 Å². The second-order valence-electron chi connectivity index (χ2n) is 9.79. The number of hydrogen-bond donors (Lipinski definition) is 1. The van der Waals surface area contributed by atoms with E-state index in [2.05, 4.69) is 5.32 Å². The summed E-state index contributed by atoms with van der Waals surface area (Å²) in [6.07, 6.45) is 1.00. The summed E-state index contributed by atoms with van der Waals surface area (Å²) in [6, 6.07) is 12.6. The van der Waals surface area contributed by atoms with Gasteiger partial charge in [-0.05, 0) is 30.2 Å². The zero-order valence-electron chi connectivity index (χ0n) is 22.4. The van der Waals surface area contributed by atoms with E-state index in [-0.39, 0.29) is 34.8 Å². The molecular formula is C26H33N5O6S2. The summed E-state index contributed by atoms with van der Waals surface area (Å²) in [4.78, 5) is 23.4. The predicted octanol–water partition coefficient (Wildman–Crippen LogP) is 2.15. The molecule has 0 saturated carbocycles. The molecule has 1 saturated heterocycles. The van der Waals surface area contributed by atoms with E-state index in [0.29, 0.717) is 31.3 Å². The zero-order chi connectivity index (χ0) is 28.4. The standard InChI is InChI=1S/C26H33N5O6S2/c1-18(2)24(26(32)37-3)29-25-19-9-5-6-10-20(19)27-23(28-25)17-30-13-15-31(16-14-30)39(35,36)22-12-8-7-11-21(22)38(4,33)34/h5-12,18,24H,13-17H2,1-4H3,(H,27,28,29)/t24-/m0/s1. The lowest BCUT2D eigenvalue weighted by Gasteiger charge is -2.34. The Labute approximate surface area is 229 Å². The number of esters is 1. The van der Waals surface area contributed by atoms with E-state index in [4.69, 9.17) is 14.7 Å². The van der Waals surface area contributed by atoms with Crippen LogP contribution in [0.1, 0.15) is 19.7 Å². The van der Waals surface area contributed by atoms with Crippen LogP contribution in [0.25, 0.3) is 10.9 Å². The van der Waals surface area contributed by atoms with Gasteiger partial charge in [-0.25, -0.2) is 31.6 Å². The molecule has 4 rings (SSSR count). The Hall–Kier alpha value is -3.13. The van der Waals surface area contributed by atoms with Crippen molar-refractivity contribution in [2.24, 2.45) is 5.92 Å². The van der Waals surface area contributed by atoms with Crippen LogP contribution in [0.4, 0.5) is 5.82 Å². The van der Waals surface area contributed by atoms with Crippen LogP contribution in [0.2, 0.25) is 0 Å². The fraction of sp³-hybridized carbons (Fsp3) is 0.423. The van der Waals surface area contributed by atoms with E-state index in [1.165, 1.54) is 35.7 Å². The number of nitrogens with zero attached hydrogens (tertiary/aromatic N) is 4. The third kappa shape index (κ3) is 6.38. The molecule has 0 spiro atoms. The number of hydrogen-bond acceptors (Lipinski definition) is 10. The summed E-state index contributed by atoms with van der Waals surface area (Å²) >= 11 is 0. The summed E-state index contributed by atoms with van der Waals surface area (Å²) in [6.45, 7) is 5.42. The number of carbonyl (C=O) groups is 1. The third-order valence-electron chi connectivity index (χ3n) is 6.63. The van der Waals surface area contributed by atoms with Crippen molar-refractivity contribution in [3.63, 3.8) is 0 Å². The molecule has 1 aromatic heterocycles. The van der Waals surface area contributed by atoms with E-state index < -0.39 is 25.9 Å². The van der Waals surface area contributed by atoms with Gasteiger partial charge < -0.3 is 10.1 Å². The lowest BCUT2D eigenvalue weighted by Crippen LogP contribution is -2.48. The topological polar surface area (TPSA) is 139 Å². The number of methoxy groups -OCH3 is 1. The molecule has 1 fully saturated rings. The normalized spacial score (nSPS) is 16.3. The minimum Gasteiger partial charge on any atom is -0.467 e. The van der Waals surface area contributed by atoms with E-state index in [1.807, 2.05) is 43.0 Å². The smallest absolute Gasteiger partial charge is 0.328 e. The molecule has 11 nitrogen and oxygen atoms in total. The highest BCUT2D eigenvalue weighted by molar-refractivity contribution is 7.93. The first kappa shape index (κ1) is 28.9. The van der Waals surface area contributed by atoms with E-state index in [9.17, 15) is 21.6 Å². The van der Waals surface area contributed by atoms with E-state index in [0.717, 1.165) is 17.2 Å². The molecule has 0 unspecified atom stereocenters. The largest absolute Gasteiger partial charge is 0.467 e. The first-order valence-corrected chi connectivity index (χ1v) is 15.9. The molecule has 0 radical (unpaired) electrons. The Balaban J connectivity index is 1.53. The fourth-order valence-corrected chi connectivity index (χ4v) is 7.54. The summed E-state index contributed by atoms with van der Waals surface area (Å²) in [5, 5.41) is 4.01. The molecule has 1 N–H and O–H groups in total. The average molecular weight is 576 g/mol. The van der Waals surface area contributed by atoms with Gasteiger partial charge in [0, 0.05) is 37.8 Å². The molecule has 2 aromatic carbocycles. The van der Waals surface area contributed by atoms with Crippen molar-refractivity contribution < 1.29 is 26.4 Å². The van der Waals surface area contributed by atoms with Crippen molar-refractivity contribution in [1.82, 2.24) is 19.2 Å². The Morgan fingerprint density at radius 1 is 0.949 bits per heavy atom. The second kappa shape index (κ2) is 11.5. The number of nitrogens with one attached hydrogen (secondary N) is 1. The van der Waals surface area contributed by atoms with Crippen LogP contribution in [0.3, 0.4) is 0 Å². The average Bonchev–Trinajstić information content (AvgIpc) is 2.91. The van der Waals surface area contributed by atoms with Gasteiger partial charge in [-0.1, -0.05) is 38.1 Å². The quantitative estimate of drug-likeness (QED) is 0.378. The number of para-hydroxylation sites is 1.